The van der Waals surface area contributed by atoms with Crippen LogP contribution in [0.2, 0.25) is 0 Å². The molecule has 0 aromatic heterocycles. The summed E-state index contributed by atoms with van der Waals surface area (Å²) in [4.78, 5) is 47.9. The molecule has 0 bridgehead atoms. The van der Waals surface area contributed by atoms with Crippen molar-refractivity contribution in [2.24, 2.45) is 5.41 Å². The number of carbonyl (C=O) groups is 4. The monoisotopic (exact) mass is 682 g/mol. The Morgan fingerprint density at radius 3 is 1.04 bits per heavy atom. The van der Waals surface area contributed by atoms with Crippen molar-refractivity contribution in [1.82, 2.24) is 0 Å². The smallest absolute Gasteiger partial charge is 1.00 e. The molecule has 0 aliphatic rings. The first kappa shape index (κ1) is 45.5. The van der Waals surface area contributed by atoms with Crippen molar-refractivity contribution < 1.29 is 104 Å². The minimum absolute atomic E-state index is 0. The first-order valence-corrected chi connectivity index (χ1v) is 16.1. The van der Waals surface area contributed by atoms with Crippen LogP contribution in [-0.4, -0.2) is 68.0 Å². The van der Waals surface area contributed by atoms with Gasteiger partial charge in [-0.05, 0) is 90.9 Å². The fraction of sp³-hybridized carbons (Fsp3) is 0.625. The second-order valence-electron chi connectivity index (χ2n) is 11.2. The zero-order valence-electron chi connectivity index (χ0n) is 29.0. The van der Waals surface area contributed by atoms with Gasteiger partial charge in [-0.15, -0.1) is 0 Å². The molecule has 0 aromatic carbocycles. The Bertz CT molecular complexity index is 1130. The molecule has 0 aliphatic carbocycles. The van der Waals surface area contributed by atoms with Gasteiger partial charge in [-0.25, -0.2) is 19.2 Å². The van der Waals surface area contributed by atoms with E-state index in [1.165, 1.54) is 27.7 Å². The predicted molar refractivity (Wildman–Crippen MR) is 168 cm³/mol. The summed E-state index contributed by atoms with van der Waals surface area (Å²) in [5.41, 5.74) is -0.328. The van der Waals surface area contributed by atoms with Crippen LogP contribution in [0.3, 0.4) is 0 Å². The van der Waals surface area contributed by atoms with Crippen molar-refractivity contribution in [2.75, 3.05) is 26.4 Å². The van der Waals surface area contributed by atoms with Gasteiger partial charge in [0.05, 0.1) is 26.4 Å². The Kier molecular flexibility index (Phi) is 22.3. The van der Waals surface area contributed by atoms with E-state index < -0.39 is 44.2 Å². The maximum absolute atomic E-state index is 13.5. The molecular formula is C32H51KO11S. The fourth-order valence-corrected chi connectivity index (χ4v) is 6.83. The first-order valence-electron chi connectivity index (χ1n) is 14.6. The molecule has 0 heterocycles. The molecule has 0 radical (unpaired) electrons. The molecule has 0 atom stereocenters. The normalized spacial score (nSPS) is 11.4. The Labute approximate surface area is 312 Å². The van der Waals surface area contributed by atoms with Crippen LogP contribution < -0.4 is 51.4 Å². The molecule has 0 fully saturated rings. The first-order chi connectivity index (χ1) is 20.4. The van der Waals surface area contributed by atoms with Gasteiger partial charge in [0.1, 0.15) is 4.75 Å². The molecule has 0 aromatic rings. The minimum atomic E-state index is -4.82. The number of rotatable bonds is 23. The molecule has 45 heavy (non-hydrogen) atoms. The summed E-state index contributed by atoms with van der Waals surface area (Å²) in [5.74, 6) is -2.43. The maximum atomic E-state index is 13.5. The van der Waals surface area contributed by atoms with Gasteiger partial charge < -0.3 is 20.4 Å². The Morgan fingerprint density at radius 2 is 0.844 bits per heavy atom. The summed E-state index contributed by atoms with van der Waals surface area (Å²) in [5, 5.41) is 0. The van der Waals surface area contributed by atoms with Crippen LogP contribution in [0.1, 0.15) is 93.8 Å². The molecule has 0 unspecified atom stereocenters. The molecule has 0 spiro atoms. The molecule has 0 aliphatic heterocycles. The van der Waals surface area contributed by atoms with Gasteiger partial charge in [0.15, 0.2) is 0 Å². The quantitative estimate of drug-likeness (QED) is 0.0422. The number of hydrogen-bond donors (Lipinski definition) is 1. The summed E-state index contributed by atoms with van der Waals surface area (Å²) in [7, 11) is -4.82. The van der Waals surface area contributed by atoms with Gasteiger partial charge in [-0.1, -0.05) is 33.2 Å². The van der Waals surface area contributed by atoms with Gasteiger partial charge in [0.2, 0.25) is 0 Å². The van der Waals surface area contributed by atoms with E-state index in [2.05, 4.69) is 26.3 Å². The second kappa shape index (κ2) is 22.0. The average Bonchev–Trinajstić information content (AvgIpc) is 2.94. The van der Waals surface area contributed by atoms with Crippen LogP contribution in [0.4, 0.5) is 0 Å². The van der Waals surface area contributed by atoms with Gasteiger partial charge >= 0.3 is 75.3 Å². The third-order valence-electron chi connectivity index (χ3n) is 7.51. The number of ether oxygens (including phenoxy) is 4. The predicted octanol–water partition coefficient (Wildman–Crippen LogP) is 2.72. The molecule has 1 N–H and O–H groups in total. The van der Waals surface area contributed by atoms with E-state index in [4.69, 9.17) is 18.9 Å². The van der Waals surface area contributed by atoms with Crippen LogP contribution in [0.25, 0.3) is 0 Å². The van der Waals surface area contributed by atoms with Crippen LogP contribution in [0.15, 0.2) is 48.6 Å². The van der Waals surface area contributed by atoms with E-state index in [1.54, 1.807) is 6.92 Å². The second-order valence-corrected chi connectivity index (χ2v) is 12.9. The minimum Gasteiger partial charge on any atom is -1.00 e. The van der Waals surface area contributed by atoms with E-state index in [9.17, 15) is 32.1 Å². The number of esters is 4. The van der Waals surface area contributed by atoms with Crippen molar-refractivity contribution in [3.05, 3.63) is 48.6 Å². The van der Waals surface area contributed by atoms with Crippen molar-refractivity contribution in [3.63, 3.8) is 0 Å². The van der Waals surface area contributed by atoms with Crippen molar-refractivity contribution in [2.45, 2.75) is 97.2 Å². The molecular weight excluding hydrogens is 632 g/mol. The van der Waals surface area contributed by atoms with Gasteiger partial charge in [0.25, 0.3) is 10.1 Å². The van der Waals surface area contributed by atoms with E-state index in [1.807, 2.05) is 0 Å². The molecule has 11 nitrogen and oxygen atoms in total. The SMILES string of the molecule is C=C(C)C(=O)OCCCC(CC)(CCCOC(=O)C(=C)C)C(CCCOC(=O)C(=C)C)(CCCOC(=O)C(=C)C)S(=O)(=O)O.[H-].[K+]. The summed E-state index contributed by atoms with van der Waals surface area (Å²) in [6.45, 7) is 21.7. The van der Waals surface area contributed by atoms with Crippen LogP contribution in [0.5, 0.6) is 0 Å². The van der Waals surface area contributed by atoms with Crippen LogP contribution in [0, 0.1) is 5.41 Å². The topological polar surface area (TPSA) is 160 Å². The Balaban J connectivity index is -0.00000924. The van der Waals surface area contributed by atoms with E-state index >= 15 is 0 Å². The largest absolute Gasteiger partial charge is 1.00 e. The summed E-state index contributed by atoms with van der Waals surface area (Å²) in [6.07, 6.45) is 1.16. The van der Waals surface area contributed by atoms with Crippen molar-refractivity contribution in [1.29, 1.82) is 0 Å². The van der Waals surface area contributed by atoms with Gasteiger partial charge in [-0.2, -0.15) is 8.42 Å². The average molecular weight is 683 g/mol. The standard InChI is InChI=1S/C32H50O11S.K.H/c1-10-31(15-11-19-40-27(33)23(2)3,16-12-20-41-28(34)24(4)5)32(44(37,38)39,17-13-21-42-29(35)25(6)7)18-14-22-43-30(36)26(8)9;;/h2,4,6,8,10-22H2,1,3,5,7,9H3,(H,37,38,39);;/q;+1;-1. The zero-order valence-corrected chi connectivity index (χ0v) is 31.9. The van der Waals surface area contributed by atoms with E-state index in [0.717, 1.165) is 0 Å². The van der Waals surface area contributed by atoms with Gasteiger partial charge in [0, 0.05) is 22.3 Å². The van der Waals surface area contributed by atoms with Crippen molar-refractivity contribution in [3.8, 4) is 0 Å². The molecule has 0 amide bonds. The molecule has 0 saturated carbocycles. The number of carbonyl (C=O) groups excluding carboxylic acids is 4. The van der Waals surface area contributed by atoms with Crippen LogP contribution in [-0.2, 0) is 48.2 Å². The van der Waals surface area contributed by atoms with E-state index in [-0.39, 0.29) is 159 Å². The third kappa shape index (κ3) is 15.2. The maximum Gasteiger partial charge on any atom is 1.00 e. The molecule has 0 rings (SSSR count). The number of hydrogen-bond acceptors (Lipinski definition) is 10. The zero-order chi connectivity index (χ0) is 34.1. The Hall–Kier alpha value is -1.61. The fourth-order valence-electron chi connectivity index (χ4n) is 5.13. The van der Waals surface area contributed by atoms with Crippen molar-refractivity contribution >= 4 is 34.0 Å². The Morgan fingerprint density at radius 1 is 0.600 bits per heavy atom. The molecule has 0 saturated heterocycles. The molecule has 252 valence electrons. The summed E-state index contributed by atoms with van der Waals surface area (Å²) in [6, 6.07) is 0. The van der Waals surface area contributed by atoms with E-state index in [0.29, 0.717) is 0 Å². The third-order valence-corrected chi connectivity index (χ3v) is 9.34. The van der Waals surface area contributed by atoms with Crippen LogP contribution >= 0.6 is 0 Å². The molecule has 13 heteroatoms. The summed E-state index contributed by atoms with van der Waals surface area (Å²) < 4.78 is 57.1. The summed E-state index contributed by atoms with van der Waals surface area (Å²) >= 11 is 0. The van der Waals surface area contributed by atoms with Gasteiger partial charge in [-0.3, -0.25) is 4.55 Å².